The standard InChI is InChI=1S/C15H19N5O/c1-9(2)10(3)20-15-12(8-17-20)18-14(19-15)11-5-6-13(21-4)16-7-11/h5-10H,1-4H3,(H,18,19)/t10-/m0/s1. The summed E-state index contributed by atoms with van der Waals surface area (Å²) in [7, 11) is 1.60. The summed E-state index contributed by atoms with van der Waals surface area (Å²) in [6.45, 7) is 6.51. The highest BCUT2D eigenvalue weighted by atomic mass is 16.5. The van der Waals surface area contributed by atoms with Gasteiger partial charge in [0.25, 0.3) is 0 Å². The first-order chi connectivity index (χ1) is 10.1. The van der Waals surface area contributed by atoms with Crippen LogP contribution in [-0.4, -0.2) is 31.8 Å². The lowest BCUT2D eigenvalue weighted by Crippen LogP contribution is -2.12. The van der Waals surface area contributed by atoms with Gasteiger partial charge in [-0.25, -0.2) is 14.6 Å². The Morgan fingerprint density at radius 2 is 2.00 bits per heavy atom. The molecule has 0 amide bonds. The Balaban J connectivity index is 2.01. The Kier molecular flexibility index (Phi) is 3.37. The number of hydrogen-bond acceptors (Lipinski definition) is 4. The molecule has 6 heteroatoms. The van der Waals surface area contributed by atoms with E-state index in [0.717, 1.165) is 22.6 Å². The van der Waals surface area contributed by atoms with Crippen molar-refractivity contribution in [2.24, 2.45) is 5.92 Å². The molecule has 0 aromatic carbocycles. The summed E-state index contributed by atoms with van der Waals surface area (Å²) < 4.78 is 7.04. The second-order valence-corrected chi connectivity index (χ2v) is 5.49. The molecule has 0 fully saturated rings. The maximum atomic E-state index is 5.07. The summed E-state index contributed by atoms with van der Waals surface area (Å²) >= 11 is 0. The average Bonchev–Trinajstić information content (AvgIpc) is 3.06. The number of nitrogens with one attached hydrogen (secondary N) is 1. The predicted octanol–water partition coefficient (Wildman–Crippen LogP) is 3.05. The smallest absolute Gasteiger partial charge is 0.212 e. The Bertz CT molecular complexity index is 741. The Morgan fingerprint density at radius 3 is 2.62 bits per heavy atom. The number of pyridine rings is 1. The molecule has 0 aliphatic carbocycles. The third-order valence-electron chi connectivity index (χ3n) is 3.81. The molecule has 3 aromatic rings. The maximum absolute atomic E-state index is 5.07. The van der Waals surface area contributed by atoms with Crippen molar-refractivity contribution in [1.82, 2.24) is 24.7 Å². The van der Waals surface area contributed by atoms with Crippen LogP contribution in [-0.2, 0) is 0 Å². The van der Waals surface area contributed by atoms with Crippen molar-refractivity contribution in [3.05, 3.63) is 24.5 Å². The molecule has 0 saturated carbocycles. The Morgan fingerprint density at radius 1 is 1.19 bits per heavy atom. The normalized spacial score (nSPS) is 13.0. The highest BCUT2D eigenvalue weighted by molar-refractivity contribution is 5.75. The molecule has 3 aromatic heterocycles. The minimum absolute atomic E-state index is 0.299. The largest absolute Gasteiger partial charge is 0.481 e. The van der Waals surface area contributed by atoms with Crippen LogP contribution in [0, 0.1) is 5.92 Å². The van der Waals surface area contributed by atoms with E-state index in [1.54, 1.807) is 13.3 Å². The fourth-order valence-electron chi connectivity index (χ4n) is 2.18. The highest BCUT2D eigenvalue weighted by Crippen LogP contribution is 2.25. The minimum Gasteiger partial charge on any atom is -0.481 e. The van der Waals surface area contributed by atoms with Gasteiger partial charge in [-0.05, 0) is 18.9 Å². The van der Waals surface area contributed by atoms with Gasteiger partial charge in [0.05, 0.1) is 19.3 Å². The topological polar surface area (TPSA) is 68.6 Å². The molecule has 0 unspecified atom stereocenters. The molecule has 110 valence electrons. The molecule has 0 radical (unpaired) electrons. The number of hydrogen-bond donors (Lipinski definition) is 1. The summed E-state index contributed by atoms with van der Waals surface area (Å²) in [4.78, 5) is 12.2. The molecule has 0 aliphatic rings. The molecular formula is C15H19N5O. The van der Waals surface area contributed by atoms with Gasteiger partial charge >= 0.3 is 0 Å². The molecular weight excluding hydrogens is 266 g/mol. The van der Waals surface area contributed by atoms with Gasteiger partial charge in [-0.3, -0.25) is 0 Å². The van der Waals surface area contributed by atoms with Crippen molar-refractivity contribution in [3.8, 4) is 17.3 Å². The van der Waals surface area contributed by atoms with E-state index in [1.165, 1.54) is 0 Å². The lowest BCUT2D eigenvalue weighted by Gasteiger charge is -2.15. The number of imidazole rings is 1. The molecule has 0 saturated heterocycles. The van der Waals surface area contributed by atoms with Crippen LogP contribution in [0.4, 0.5) is 0 Å². The van der Waals surface area contributed by atoms with Gasteiger partial charge in [-0.2, -0.15) is 5.10 Å². The number of nitrogens with zero attached hydrogens (tertiary/aromatic N) is 4. The van der Waals surface area contributed by atoms with Gasteiger partial charge in [-0.1, -0.05) is 13.8 Å². The van der Waals surface area contributed by atoms with Crippen molar-refractivity contribution in [1.29, 1.82) is 0 Å². The zero-order valence-corrected chi connectivity index (χ0v) is 12.7. The molecule has 1 N–H and O–H groups in total. The first kappa shape index (κ1) is 13.6. The lowest BCUT2D eigenvalue weighted by molar-refractivity contribution is 0.384. The third kappa shape index (κ3) is 2.37. The average molecular weight is 285 g/mol. The van der Waals surface area contributed by atoms with Crippen LogP contribution in [0.5, 0.6) is 5.88 Å². The molecule has 3 rings (SSSR count). The molecule has 21 heavy (non-hydrogen) atoms. The highest BCUT2D eigenvalue weighted by Gasteiger charge is 2.17. The number of ether oxygens (including phenoxy) is 1. The fraction of sp³-hybridized carbons (Fsp3) is 0.400. The number of H-pyrrole nitrogens is 1. The number of aromatic amines is 1. The maximum Gasteiger partial charge on any atom is 0.212 e. The van der Waals surface area contributed by atoms with Gasteiger partial charge in [0, 0.05) is 17.8 Å². The van der Waals surface area contributed by atoms with Crippen molar-refractivity contribution < 1.29 is 4.74 Å². The molecule has 6 nitrogen and oxygen atoms in total. The second kappa shape index (κ2) is 5.20. The summed E-state index contributed by atoms with van der Waals surface area (Å²) in [5.41, 5.74) is 2.74. The quantitative estimate of drug-likeness (QED) is 0.800. The van der Waals surface area contributed by atoms with E-state index < -0.39 is 0 Å². The van der Waals surface area contributed by atoms with Crippen LogP contribution in [0.25, 0.3) is 22.6 Å². The summed E-state index contributed by atoms with van der Waals surface area (Å²) in [6.07, 6.45) is 3.57. The van der Waals surface area contributed by atoms with Crippen molar-refractivity contribution >= 4 is 11.2 Å². The van der Waals surface area contributed by atoms with Crippen LogP contribution in [0.2, 0.25) is 0 Å². The Hall–Kier alpha value is -2.37. The Labute approximate surface area is 123 Å². The SMILES string of the molecule is COc1ccc(-c2nc3c(cnn3[C@@H](C)C(C)C)[nH]2)cn1. The van der Waals surface area contributed by atoms with Crippen LogP contribution >= 0.6 is 0 Å². The van der Waals surface area contributed by atoms with E-state index in [0.29, 0.717) is 17.8 Å². The molecule has 0 aliphatic heterocycles. The van der Waals surface area contributed by atoms with Crippen LogP contribution in [0.15, 0.2) is 24.5 Å². The first-order valence-electron chi connectivity index (χ1n) is 7.03. The minimum atomic E-state index is 0.299. The van der Waals surface area contributed by atoms with Gasteiger partial charge in [-0.15, -0.1) is 0 Å². The monoisotopic (exact) mass is 285 g/mol. The molecule has 3 heterocycles. The van der Waals surface area contributed by atoms with Gasteiger partial charge in [0.2, 0.25) is 5.88 Å². The molecule has 0 spiro atoms. The first-order valence-corrected chi connectivity index (χ1v) is 7.03. The van der Waals surface area contributed by atoms with Crippen LogP contribution in [0.3, 0.4) is 0 Å². The van der Waals surface area contributed by atoms with Crippen LogP contribution in [0.1, 0.15) is 26.8 Å². The van der Waals surface area contributed by atoms with Crippen LogP contribution < -0.4 is 4.74 Å². The van der Waals surface area contributed by atoms with E-state index in [1.807, 2.05) is 23.0 Å². The number of methoxy groups -OCH3 is 1. The predicted molar refractivity (Wildman–Crippen MR) is 81.2 cm³/mol. The van der Waals surface area contributed by atoms with E-state index in [4.69, 9.17) is 4.74 Å². The number of fused-ring (bicyclic) bond motifs is 1. The fourth-order valence-corrected chi connectivity index (χ4v) is 2.18. The van der Waals surface area contributed by atoms with Gasteiger partial charge < -0.3 is 9.72 Å². The van der Waals surface area contributed by atoms with E-state index in [2.05, 4.69) is 40.8 Å². The molecule has 1 atom stereocenters. The lowest BCUT2D eigenvalue weighted by atomic mass is 10.1. The number of rotatable bonds is 4. The summed E-state index contributed by atoms with van der Waals surface area (Å²) in [5.74, 6) is 1.88. The van der Waals surface area contributed by atoms with Gasteiger partial charge in [0.15, 0.2) is 5.65 Å². The van der Waals surface area contributed by atoms with Crippen molar-refractivity contribution in [3.63, 3.8) is 0 Å². The van der Waals surface area contributed by atoms with Crippen molar-refractivity contribution in [2.75, 3.05) is 7.11 Å². The molecule has 0 bridgehead atoms. The van der Waals surface area contributed by atoms with Crippen molar-refractivity contribution in [2.45, 2.75) is 26.8 Å². The van der Waals surface area contributed by atoms with E-state index in [9.17, 15) is 0 Å². The summed E-state index contributed by atoms with van der Waals surface area (Å²) in [5, 5.41) is 4.43. The number of aromatic nitrogens is 5. The summed E-state index contributed by atoms with van der Waals surface area (Å²) in [6, 6.07) is 4.06. The van der Waals surface area contributed by atoms with E-state index >= 15 is 0 Å². The zero-order valence-electron chi connectivity index (χ0n) is 12.7. The van der Waals surface area contributed by atoms with E-state index in [-0.39, 0.29) is 0 Å². The third-order valence-corrected chi connectivity index (χ3v) is 3.81. The second-order valence-electron chi connectivity index (χ2n) is 5.49. The zero-order chi connectivity index (χ0) is 15.0. The van der Waals surface area contributed by atoms with Gasteiger partial charge in [0.1, 0.15) is 11.3 Å².